The van der Waals surface area contributed by atoms with Crippen molar-refractivity contribution in [3.05, 3.63) is 24.3 Å². The first-order chi connectivity index (χ1) is 7.13. The van der Waals surface area contributed by atoms with Gasteiger partial charge in [0, 0.05) is 25.5 Å². The Bertz CT molecular complexity index is 322. The standard InChI is InChI=1S/C11H16N2OS/c1-13(2)10-6-4-9(5-7-10)12-11(14)8-15-3/h4-7H,8H2,1-3H3,(H,12,14). The normalized spacial score (nSPS) is 9.80. The predicted octanol–water partition coefficient (Wildman–Crippen LogP) is 2.05. The van der Waals surface area contributed by atoms with Crippen LogP contribution < -0.4 is 10.2 Å². The van der Waals surface area contributed by atoms with Gasteiger partial charge in [-0.3, -0.25) is 4.79 Å². The number of benzene rings is 1. The van der Waals surface area contributed by atoms with E-state index in [4.69, 9.17) is 0 Å². The van der Waals surface area contributed by atoms with E-state index in [2.05, 4.69) is 5.32 Å². The molecule has 1 N–H and O–H groups in total. The van der Waals surface area contributed by atoms with Crippen molar-refractivity contribution in [3.63, 3.8) is 0 Å². The van der Waals surface area contributed by atoms with E-state index < -0.39 is 0 Å². The van der Waals surface area contributed by atoms with Crippen molar-refractivity contribution < 1.29 is 4.79 Å². The van der Waals surface area contributed by atoms with Crippen LogP contribution in [0.4, 0.5) is 11.4 Å². The Labute approximate surface area is 94.9 Å². The lowest BCUT2D eigenvalue weighted by atomic mass is 10.2. The van der Waals surface area contributed by atoms with Gasteiger partial charge in [0.15, 0.2) is 0 Å². The second-order valence-electron chi connectivity index (χ2n) is 3.42. The van der Waals surface area contributed by atoms with Gasteiger partial charge in [-0.2, -0.15) is 11.8 Å². The van der Waals surface area contributed by atoms with Crippen molar-refractivity contribution in [2.75, 3.05) is 36.3 Å². The van der Waals surface area contributed by atoms with Crippen LogP contribution in [0, 0.1) is 0 Å². The summed E-state index contributed by atoms with van der Waals surface area (Å²) < 4.78 is 0. The smallest absolute Gasteiger partial charge is 0.234 e. The fourth-order valence-corrected chi connectivity index (χ4v) is 1.51. The van der Waals surface area contributed by atoms with Crippen LogP contribution in [-0.4, -0.2) is 32.0 Å². The lowest BCUT2D eigenvalue weighted by molar-refractivity contribution is -0.113. The van der Waals surface area contributed by atoms with E-state index in [-0.39, 0.29) is 5.91 Å². The van der Waals surface area contributed by atoms with E-state index in [1.807, 2.05) is 49.5 Å². The molecule has 0 spiro atoms. The zero-order valence-electron chi connectivity index (χ0n) is 9.28. The first-order valence-corrected chi connectivity index (χ1v) is 6.09. The largest absolute Gasteiger partial charge is 0.378 e. The number of hydrogen-bond acceptors (Lipinski definition) is 3. The Hall–Kier alpha value is -1.16. The number of rotatable bonds is 4. The Morgan fingerprint density at radius 1 is 1.33 bits per heavy atom. The summed E-state index contributed by atoms with van der Waals surface area (Å²) in [4.78, 5) is 13.3. The average molecular weight is 224 g/mol. The van der Waals surface area contributed by atoms with Crippen molar-refractivity contribution in [1.29, 1.82) is 0 Å². The topological polar surface area (TPSA) is 32.3 Å². The van der Waals surface area contributed by atoms with Crippen LogP contribution in [0.3, 0.4) is 0 Å². The summed E-state index contributed by atoms with van der Waals surface area (Å²) in [6, 6.07) is 7.78. The number of carbonyl (C=O) groups is 1. The molecule has 1 amide bonds. The molecule has 0 aliphatic carbocycles. The SMILES string of the molecule is CSCC(=O)Nc1ccc(N(C)C)cc1. The third-order valence-corrected chi connectivity index (χ3v) is 2.49. The predicted molar refractivity (Wildman–Crippen MR) is 67.8 cm³/mol. The first-order valence-electron chi connectivity index (χ1n) is 4.69. The van der Waals surface area contributed by atoms with Gasteiger partial charge in [-0.1, -0.05) is 0 Å². The number of nitrogens with zero attached hydrogens (tertiary/aromatic N) is 1. The molecule has 0 aliphatic rings. The van der Waals surface area contributed by atoms with Crippen LogP contribution >= 0.6 is 11.8 Å². The first kappa shape index (κ1) is 11.9. The van der Waals surface area contributed by atoms with Crippen LogP contribution in [0.25, 0.3) is 0 Å². The molecular formula is C11H16N2OS. The van der Waals surface area contributed by atoms with Crippen LogP contribution in [0.2, 0.25) is 0 Å². The minimum Gasteiger partial charge on any atom is -0.378 e. The molecule has 0 radical (unpaired) electrons. The van der Waals surface area contributed by atoms with Gasteiger partial charge < -0.3 is 10.2 Å². The minimum absolute atomic E-state index is 0.0418. The maximum absolute atomic E-state index is 11.3. The average Bonchev–Trinajstić information content (AvgIpc) is 2.18. The number of amides is 1. The molecule has 0 heterocycles. The molecule has 0 fully saturated rings. The molecule has 0 unspecified atom stereocenters. The molecule has 1 rings (SSSR count). The summed E-state index contributed by atoms with van der Waals surface area (Å²) in [5.41, 5.74) is 1.97. The van der Waals surface area contributed by atoms with Crippen LogP contribution in [0.1, 0.15) is 0 Å². The molecule has 0 atom stereocenters. The van der Waals surface area contributed by atoms with Gasteiger partial charge in [0.25, 0.3) is 0 Å². The molecule has 1 aromatic carbocycles. The van der Waals surface area contributed by atoms with Gasteiger partial charge in [-0.05, 0) is 30.5 Å². The number of hydrogen-bond donors (Lipinski definition) is 1. The summed E-state index contributed by atoms with van der Waals surface area (Å²) in [6.45, 7) is 0. The van der Waals surface area contributed by atoms with Crippen LogP contribution in [0.15, 0.2) is 24.3 Å². The van der Waals surface area contributed by atoms with E-state index in [0.717, 1.165) is 11.4 Å². The third kappa shape index (κ3) is 3.83. The molecule has 0 bridgehead atoms. The van der Waals surface area contributed by atoms with Gasteiger partial charge >= 0.3 is 0 Å². The Morgan fingerprint density at radius 2 is 1.93 bits per heavy atom. The Balaban J connectivity index is 2.60. The number of nitrogens with one attached hydrogen (secondary N) is 1. The molecular weight excluding hydrogens is 208 g/mol. The lowest BCUT2D eigenvalue weighted by Crippen LogP contribution is -2.14. The van der Waals surface area contributed by atoms with Crippen molar-refractivity contribution in [2.24, 2.45) is 0 Å². The Morgan fingerprint density at radius 3 is 2.40 bits per heavy atom. The van der Waals surface area contributed by atoms with E-state index in [1.165, 1.54) is 11.8 Å². The summed E-state index contributed by atoms with van der Waals surface area (Å²) in [5.74, 6) is 0.537. The van der Waals surface area contributed by atoms with Crippen molar-refractivity contribution in [2.45, 2.75) is 0 Å². The van der Waals surface area contributed by atoms with Gasteiger partial charge in [0.2, 0.25) is 5.91 Å². The van der Waals surface area contributed by atoms with Gasteiger partial charge in [-0.15, -0.1) is 0 Å². The quantitative estimate of drug-likeness (QED) is 0.849. The van der Waals surface area contributed by atoms with Gasteiger partial charge in [0.05, 0.1) is 5.75 Å². The summed E-state index contributed by atoms with van der Waals surface area (Å²) in [6.07, 6.45) is 1.91. The molecule has 0 aliphatic heterocycles. The highest BCUT2D eigenvalue weighted by molar-refractivity contribution is 7.99. The fourth-order valence-electron chi connectivity index (χ4n) is 1.17. The second kappa shape index (κ2) is 5.66. The van der Waals surface area contributed by atoms with Gasteiger partial charge in [-0.25, -0.2) is 0 Å². The molecule has 3 nitrogen and oxygen atoms in total. The third-order valence-electron chi connectivity index (χ3n) is 1.94. The highest BCUT2D eigenvalue weighted by Gasteiger charge is 2.01. The molecule has 82 valence electrons. The van der Waals surface area contributed by atoms with Gasteiger partial charge in [0.1, 0.15) is 0 Å². The highest BCUT2D eigenvalue weighted by Crippen LogP contribution is 2.15. The number of carbonyl (C=O) groups excluding carboxylic acids is 1. The lowest BCUT2D eigenvalue weighted by Gasteiger charge is -2.12. The van der Waals surface area contributed by atoms with Crippen molar-refractivity contribution in [1.82, 2.24) is 0 Å². The maximum Gasteiger partial charge on any atom is 0.234 e. The van der Waals surface area contributed by atoms with E-state index in [1.54, 1.807) is 0 Å². The number of anilines is 2. The zero-order chi connectivity index (χ0) is 11.3. The summed E-state index contributed by atoms with van der Waals surface area (Å²) >= 11 is 1.52. The Kier molecular flexibility index (Phi) is 4.49. The molecule has 1 aromatic rings. The maximum atomic E-state index is 11.3. The van der Waals surface area contributed by atoms with E-state index >= 15 is 0 Å². The van der Waals surface area contributed by atoms with Crippen molar-refractivity contribution in [3.8, 4) is 0 Å². The highest BCUT2D eigenvalue weighted by atomic mass is 32.2. The zero-order valence-corrected chi connectivity index (χ0v) is 10.1. The van der Waals surface area contributed by atoms with Crippen LogP contribution in [-0.2, 0) is 4.79 Å². The molecule has 15 heavy (non-hydrogen) atoms. The van der Waals surface area contributed by atoms with E-state index in [0.29, 0.717) is 5.75 Å². The fraction of sp³-hybridized carbons (Fsp3) is 0.364. The summed E-state index contributed by atoms with van der Waals surface area (Å²) in [7, 11) is 3.97. The summed E-state index contributed by atoms with van der Waals surface area (Å²) in [5, 5.41) is 2.83. The molecule has 0 saturated carbocycles. The number of thioether (sulfide) groups is 1. The minimum atomic E-state index is 0.0418. The van der Waals surface area contributed by atoms with Crippen LogP contribution in [0.5, 0.6) is 0 Å². The molecule has 0 aromatic heterocycles. The molecule has 4 heteroatoms. The van der Waals surface area contributed by atoms with E-state index in [9.17, 15) is 4.79 Å². The monoisotopic (exact) mass is 224 g/mol. The second-order valence-corrected chi connectivity index (χ2v) is 4.29. The van der Waals surface area contributed by atoms with Crippen molar-refractivity contribution >= 4 is 29.0 Å². The molecule has 0 saturated heterocycles.